The second-order valence-corrected chi connectivity index (χ2v) is 4.25. The molecule has 1 N–H and O–H groups in total. The van der Waals surface area contributed by atoms with Gasteiger partial charge in [0.25, 0.3) is 0 Å². The summed E-state index contributed by atoms with van der Waals surface area (Å²) in [5.41, 5.74) is 0. The van der Waals surface area contributed by atoms with E-state index in [4.69, 9.17) is 9.84 Å². The zero-order valence-electron chi connectivity index (χ0n) is 8.32. The second-order valence-electron chi connectivity index (χ2n) is 4.25. The standard InChI is InChI=1S/C10H17NO3/c12-10(13)11-5-3-8(4-6-11)7-14-9-1-2-9/h8-9H,1-7H2,(H,12,13). The van der Waals surface area contributed by atoms with E-state index in [9.17, 15) is 4.79 Å². The summed E-state index contributed by atoms with van der Waals surface area (Å²) >= 11 is 0. The average Bonchev–Trinajstić information content (AvgIpc) is 2.99. The van der Waals surface area contributed by atoms with Crippen LogP contribution >= 0.6 is 0 Å². The highest BCUT2D eigenvalue weighted by atomic mass is 16.5. The predicted molar refractivity (Wildman–Crippen MR) is 51.3 cm³/mol. The van der Waals surface area contributed by atoms with Crippen LogP contribution in [0.15, 0.2) is 0 Å². The number of nitrogens with zero attached hydrogens (tertiary/aromatic N) is 1. The quantitative estimate of drug-likeness (QED) is 0.750. The van der Waals surface area contributed by atoms with E-state index >= 15 is 0 Å². The third-order valence-electron chi connectivity index (χ3n) is 2.98. The Morgan fingerprint density at radius 3 is 2.43 bits per heavy atom. The topological polar surface area (TPSA) is 49.8 Å². The molecule has 80 valence electrons. The van der Waals surface area contributed by atoms with Crippen LogP contribution in [0.1, 0.15) is 25.7 Å². The van der Waals surface area contributed by atoms with Crippen molar-refractivity contribution in [1.82, 2.24) is 4.90 Å². The van der Waals surface area contributed by atoms with E-state index in [0.717, 1.165) is 19.4 Å². The summed E-state index contributed by atoms with van der Waals surface area (Å²) in [6.07, 6.45) is 4.08. The first kappa shape index (κ1) is 9.77. The van der Waals surface area contributed by atoms with Crippen molar-refractivity contribution in [3.63, 3.8) is 0 Å². The van der Waals surface area contributed by atoms with Crippen molar-refractivity contribution >= 4 is 6.09 Å². The molecule has 4 heteroatoms. The number of likely N-dealkylation sites (tertiary alicyclic amines) is 1. The Labute approximate surface area is 83.8 Å². The first-order chi connectivity index (χ1) is 6.75. The van der Waals surface area contributed by atoms with Crippen molar-refractivity contribution < 1.29 is 14.6 Å². The molecule has 1 saturated heterocycles. The van der Waals surface area contributed by atoms with Gasteiger partial charge >= 0.3 is 6.09 Å². The Hall–Kier alpha value is -0.770. The van der Waals surface area contributed by atoms with Crippen molar-refractivity contribution in [2.24, 2.45) is 5.92 Å². The van der Waals surface area contributed by atoms with Crippen LogP contribution in [0.4, 0.5) is 4.79 Å². The molecule has 2 fully saturated rings. The van der Waals surface area contributed by atoms with E-state index in [-0.39, 0.29) is 0 Å². The fourth-order valence-corrected chi connectivity index (χ4v) is 1.80. The van der Waals surface area contributed by atoms with Gasteiger partial charge in [0.1, 0.15) is 0 Å². The zero-order valence-corrected chi connectivity index (χ0v) is 8.32. The summed E-state index contributed by atoms with van der Waals surface area (Å²) in [4.78, 5) is 12.1. The van der Waals surface area contributed by atoms with Gasteiger partial charge in [0.15, 0.2) is 0 Å². The van der Waals surface area contributed by atoms with Crippen LogP contribution < -0.4 is 0 Å². The van der Waals surface area contributed by atoms with Crippen molar-refractivity contribution in [3.8, 4) is 0 Å². The SMILES string of the molecule is O=C(O)N1CCC(COC2CC2)CC1. The molecule has 14 heavy (non-hydrogen) atoms. The maximum absolute atomic E-state index is 10.6. The number of hydrogen-bond acceptors (Lipinski definition) is 2. The minimum absolute atomic E-state index is 0.521. The molecule has 0 spiro atoms. The first-order valence-electron chi connectivity index (χ1n) is 5.35. The van der Waals surface area contributed by atoms with Gasteiger partial charge in [-0.3, -0.25) is 0 Å². The van der Waals surface area contributed by atoms with E-state index in [1.165, 1.54) is 17.7 Å². The normalized spacial score (nSPS) is 23.9. The van der Waals surface area contributed by atoms with Crippen LogP contribution in [0.25, 0.3) is 0 Å². The van der Waals surface area contributed by atoms with Crippen LogP contribution in [0, 0.1) is 5.92 Å². The van der Waals surface area contributed by atoms with Crippen molar-refractivity contribution in [3.05, 3.63) is 0 Å². The number of carboxylic acid groups (broad SMARTS) is 1. The molecule has 1 amide bonds. The lowest BCUT2D eigenvalue weighted by atomic mass is 9.98. The molecule has 0 radical (unpaired) electrons. The Kier molecular flexibility index (Phi) is 2.91. The number of piperidine rings is 1. The molecule has 2 aliphatic rings. The number of amides is 1. The molecular formula is C10H17NO3. The molecule has 1 heterocycles. The van der Waals surface area contributed by atoms with Crippen molar-refractivity contribution in [2.45, 2.75) is 31.8 Å². The van der Waals surface area contributed by atoms with E-state index < -0.39 is 6.09 Å². The molecule has 1 aliphatic heterocycles. The molecular weight excluding hydrogens is 182 g/mol. The lowest BCUT2D eigenvalue weighted by Crippen LogP contribution is -2.38. The predicted octanol–water partition coefficient (Wildman–Crippen LogP) is 1.56. The minimum Gasteiger partial charge on any atom is -0.465 e. The van der Waals surface area contributed by atoms with Crippen LogP contribution in [-0.4, -0.2) is 41.9 Å². The van der Waals surface area contributed by atoms with Crippen LogP contribution in [-0.2, 0) is 4.74 Å². The van der Waals surface area contributed by atoms with Gasteiger partial charge in [-0.25, -0.2) is 4.79 Å². The average molecular weight is 199 g/mol. The van der Waals surface area contributed by atoms with Crippen LogP contribution in [0.5, 0.6) is 0 Å². The Balaban J connectivity index is 1.64. The summed E-state index contributed by atoms with van der Waals surface area (Å²) in [6.45, 7) is 2.18. The Morgan fingerprint density at radius 1 is 1.29 bits per heavy atom. The van der Waals surface area contributed by atoms with Gasteiger partial charge < -0.3 is 14.7 Å². The minimum atomic E-state index is -0.786. The van der Waals surface area contributed by atoms with Gasteiger partial charge in [0.2, 0.25) is 0 Å². The fraction of sp³-hybridized carbons (Fsp3) is 0.900. The summed E-state index contributed by atoms with van der Waals surface area (Å²) < 4.78 is 5.62. The highest BCUT2D eigenvalue weighted by Crippen LogP contribution is 2.26. The molecule has 2 rings (SSSR count). The van der Waals surface area contributed by atoms with Crippen LogP contribution in [0.3, 0.4) is 0 Å². The van der Waals surface area contributed by atoms with Crippen molar-refractivity contribution in [1.29, 1.82) is 0 Å². The molecule has 0 bridgehead atoms. The smallest absolute Gasteiger partial charge is 0.407 e. The van der Waals surface area contributed by atoms with Gasteiger partial charge in [-0.1, -0.05) is 0 Å². The number of rotatable bonds is 3. The molecule has 0 aromatic carbocycles. The van der Waals surface area contributed by atoms with Gasteiger partial charge in [0.05, 0.1) is 6.10 Å². The number of hydrogen-bond donors (Lipinski definition) is 1. The maximum atomic E-state index is 10.6. The third kappa shape index (κ3) is 2.61. The molecule has 0 aromatic heterocycles. The lowest BCUT2D eigenvalue weighted by molar-refractivity contribution is 0.0563. The summed E-state index contributed by atoms with van der Waals surface area (Å²) in [6, 6.07) is 0. The third-order valence-corrected chi connectivity index (χ3v) is 2.98. The van der Waals surface area contributed by atoms with Gasteiger partial charge in [-0.15, -0.1) is 0 Å². The second kappa shape index (κ2) is 4.17. The van der Waals surface area contributed by atoms with E-state index in [1.54, 1.807) is 0 Å². The number of carbonyl (C=O) groups is 1. The highest BCUT2D eigenvalue weighted by Gasteiger charge is 2.26. The maximum Gasteiger partial charge on any atom is 0.407 e. The molecule has 0 atom stereocenters. The lowest BCUT2D eigenvalue weighted by Gasteiger charge is -2.29. The Bertz CT molecular complexity index is 207. The summed E-state index contributed by atoms with van der Waals surface area (Å²) in [5.74, 6) is 0.575. The Morgan fingerprint density at radius 2 is 1.93 bits per heavy atom. The van der Waals surface area contributed by atoms with Crippen molar-refractivity contribution in [2.75, 3.05) is 19.7 Å². The van der Waals surface area contributed by atoms with E-state index in [2.05, 4.69) is 0 Å². The molecule has 1 aliphatic carbocycles. The largest absolute Gasteiger partial charge is 0.465 e. The monoisotopic (exact) mass is 199 g/mol. The van der Waals surface area contributed by atoms with Gasteiger partial charge in [-0.05, 0) is 31.6 Å². The van der Waals surface area contributed by atoms with Crippen LogP contribution in [0.2, 0.25) is 0 Å². The summed E-state index contributed by atoms with van der Waals surface area (Å²) in [5, 5.41) is 8.75. The van der Waals surface area contributed by atoms with Gasteiger partial charge in [-0.2, -0.15) is 0 Å². The zero-order chi connectivity index (χ0) is 9.97. The fourth-order valence-electron chi connectivity index (χ4n) is 1.80. The van der Waals surface area contributed by atoms with E-state index in [1.807, 2.05) is 0 Å². The molecule has 4 nitrogen and oxygen atoms in total. The van der Waals surface area contributed by atoms with E-state index in [0.29, 0.717) is 25.1 Å². The number of ether oxygens (including phenoxy) is 1. The highest BCUT2D eigenvalue weighted by molar-refractivity contribution is 5.64. The van der Waals surface area contributed by atoms with Gasteiger partial charge in [0, 0.05) is 19.7 Å². The molecule has 0 unspecified atom stereocenters. The molecule has 1 saturated carbocycles. The molecule has 0 aromatic rings. The first-order valence-corrected chi connectivity index (χ1v) is 5.35. The summed E-state index contributed by atoms with van der Waals surface area (Å²) in [7, 11) is 0.